The molecule has 0 atom stereocenters. The summed E-state index contributed by atoms with van der Waals surface area (Å²) in [7, 11) is 0. The highest BCUT2D eigenvalue weighted by Gasteiger charge is 2.06. The summed E-state index contributed by atoms with van der Waals surface area (Å²) in [6.07, 6.45) is 0.872. The fraction of sp³-hybridized carbons (Fsp3) is 0.105. The number of halogens is 1. The second-order valence-corrected chi connectivity index (χ2v) is 5.48. The van der Waals surface area contributed by atoms with E-state index in [0.717, 1.165) is 39.8 Å². The third-order valence-corrected chi connectivity index (χ3v) is 3.75. The normalized spacial score (nSPS) is 10.5. The third kappa shape index (κ3) is 3.29. The van der Waals surface area contributed by atoms with Crippen molar-refractivity contribution >= 4 is 23.0 Å². The van der Waals surface area contributed by atoms with Gasteiger partial charge in [0.25, 0.3) is 0 Å². The largest absolute Gasteiger partial charge is 0.354 e. The van der Waals surface area contributed by atoms with Gasteiger partial charge in [-0.25, -0.2) is 0 Å². The molecule has 2 nitrogen and oxygen atoms in total. The van der Waals surface area contributed by atoms with Crippen molar-refractivity contribution in [3.63, 3.8) is 0 Å². The molecule has 2 aromatic carbocycles. The van der Waals surface area contributed by atoms with Gasteiger partial charge in [-0.05, 0) is 42.8 Å². The lowest BCUT2D eigenvalue weighted by molar-refractivity contribution is 1.04. The summed E-state index contributed by atoms with van der Waals surface area (Å²) in [6, 6.07) is 22.0. The Bertz CT molecular complexity index is 752. The van der Waals surface area contributed by atoms with Crippen LogP contribution in [-0.2, 0) is 6.42 Å². The van der Waals surface area contributed by atoms with Crippen LogP contribution in [-0.4, -0.2) is 4.98 Å². The Kier molecular flexibility index (Phi) is 4.40. The first-order chi connectivity index (χ1) is 10.8. The maximum atomic E-state index is 5.94. The molecule has 0 amide bonds. The zero-order valence-corrected chi connectivity index (χ0v) is 13.1. The Balaban J connectivity index is 1.92. The van der Waals surface area contributed by atoms with E-state index >= 15 is 0 Å². The minimum Gasteiger partial charge on any atom is -0.354 e. The molecule has 1 N–H and O–H groups in total. The summed E-state index contributed by atoms with van der Waals surface area (Å²) in [5, 5.41) is 4.17. The zero-order valence-electron chi connectivity index (χ0n) is 12.4. The van der Waals surface area contributed by atoms with Gasteiger partial charge < -0.3 is 5.32 Å². The van der Waals surface area contributed by atoms with E-state index < -0.39 is 0 Å². The third-order valence-electron chi connectivity index (χ3n) is 3.50. The molecule has 0 saturated carbocycles. The van der Waals surface area contributed by atoms with Gasteiger partial charge in [-0.15, -0.1) is 0 Å². The molecule has 0 radical (unpaired) electrons. The number of hydrogen-bond acceptors (Lipinski definition) is 2. The summed E-state index contributed by atoms with van der Waals surface area (Å²) in [6.45, 7) is 2.12. The zero-order chi connectivity index (χ0) is 15.4. The number of para-hydroxylation sites is 1. The summed E-state index contributed by atoms with van der Waals surface area (Å²) < 4.78 is 0. The number of nitrogens with one attached hydrogen (secondary N) is 1. The van der Waals surface area contributed by atoms with Crippen LogP contribution >= 0.6 is 11.6 Å². The molecule has 0 aliphatic carbocycles. The van der Waals surface area contributed by atoms with E-state index in [1.807, 2.05) is 60.7 Å². The van der Waals surface area contributed by atoms with Gasteiger partial charge in [-0.3, -0.25) is 4.98 Å². The predicted octanol–water partition coefficient (Wildman–Crippen LogP) is 5.71. The smallest absolute Gasteiger partial charge is 0.0706 e. The first kappa shape index (κ1) is 14.6. The van der Waals surface area contributed by atoms with E-state index in [9.17, 15) is 0 Å². The van der Waals surface area contributed by atoms with Gasteiger partial charge in [0, 0.05) is 16.3 Å². The van der Waals surface area contributed by atoms with Crippen LogP contribution in [0.2, 0.25) is 5.02 Å². The molecular weight excluding hydrogens is 292 g/mol. The maximum Gasteiger partial charge on any atom is 0.0706 e. The van der Waals surface area contributed by atoms with Crippen molar-refractivity contribution in [2.75, 3.05) is 5.32 Å². The molecule has 1 aromatic heterocycles. The van der Waals surface area contributed by atoms with Gasteiger partial charge >= 0.3 is 0 Å². The van der Waals surface area contributed by atoms with E-state index in [1.54, 1.807) is 0 Å². The Morgan fingerprint density at radius 1 is 0.909 bits per heavy atom. The van der Waals surface area contributed by atoms with Crippen molar-refractivity contribution in [3.8, 4) is 11.3 Å². The van der Waals surface area contributed by atoms with Crippen molar-refractivity contribution in [1.29, 1.82) is 0 Å². The van der Waals surface area contributed by atoms with E-state index in [1.165, 1.54) is 0 Å². The van der Waals surface area contributed by atoms with Gasteiger partial charge in [0.15, 0.2) is 0 Å². The highest BCUT2D eigenvalue weighted by Crippen LogP contribution is 2.25. The summed E-state index contributed by atoms with van der Waals surface area (Å²) in [5.41, 5.74) is 5.21. The molecule has 0 aliphatic rings. The molecule has 0 aliphatic heterocycles. The molecular formula is C19H17ClN2. The average Bonchev–Trinajstić information content (AvgIpc) is 2.57. The molecule has 0 spiro atoms. The summed E-state index contributed by atoms with van der Waals surface area (Å²) in [5.74, 6) is 0. The standard InChI is InChI=1S/C19H17ClN2/c1-2-17-19(21-16-6-4-3-5-7-16)13-12-18(22-17)14-8-10-15(20)11-9-14/h3-13,21H,2H2,1H3. The first-order valence-corrected chi connectivity index (χ1v) is 7.72. The average molecular weight is 309 g/mol. The fourth-order valence-corrected chi connectivity index (χ4v) is 2.47. The van der Waals surface area contributed by atoms with E-state index in [0.29, 0.717) is 0 Å². The molecule has 1 heterocycles. The van der Waals surface area contributed by atoms with Crippen molar-refractivity contribution in [1.82, 2.24) is 4.98 Å². The molecule has 3 aromatic rings. The van der Waals surface area contributed by atoms with Crippen LogP contribution < -0.4 is 5.32 Å². The van der Waals surface area contributed by atoms with Crippen molar-refractivity contribution in [2.45, 2.75) is 13.3 Å². The summed E-state index contributed by atoms with van der Waals surface area (Å²) in [4.78, 5) is 4.78. The molecule has 0 unspecified atom stereocenters. The van der Waals surface area contributed by atoms with Crippen LogP contribution in [0.1, 0.15) is 12.6 Å². The highest BCUT2D eigenvalue weighted by atomic mass is 35.5. The number of nitrogens with zero attached hydrogens (tertiary/aromatic N) is 1. The molecule has 0 saturated heterocycles. The Morgan fingerprint density at radius 3 is 2.32 bits per heavy atom. The molecule has 0 bridgehead atoms. The van der Waals surface area contributed by atoms with Crippen molar-refractivity contribution in [3.05, 3.63) is 77.4 Å². The van der Waals surface area contributed by atoms with E-state index in [2.05, 4.69) is 18.3 Å². The number of anilines is 2. The second kappa shape index (κ2) is 6.63. The molecule has 0 fully saturated rings. The van der Waals surface area contributed by atoms with Crippen molar-refractivity contribution < 1.29 is 0 Å². The lowest BCUT2D eigenvalue weighted by Crippen LogP contribution is -1.99. The predicted molar refractivity (Wildman–Crippen MR) is 93.8 cm³/mol. The number of hydrogen-bond donors (Lipinski definition) is 1. The fourth-order valence-electron chi connectivity index (χ4n) is 2.34. The second-order valence-electron chi connectivity index (χ2n) is 5.04. The highest BCUT2D eigenvalue weighted by molar-refractivity contribution is 6.30. The number of rotatable bonds is 4. The van der Waals surface area contributed by atoms with Gasteiger partial charge in [-0.2, -0.15) is 0 Å². The molecule has 3 rings (SSSR count). The maximum absolute atomic E-state index is 5.94. The van der Waals surface area contributed by atoms with E-state index in [-0.39, 0.29) is 0 Å². The number of aryl methyl sites for hydroxylation is 1. The van der Waals surface area contributed by atoms with Crippen LogP contribution in [0.5, 0.6) is 0 Å². The monoisotopic (exact) mass is 308 g/mol. The van der Waals surface area contributed by atoms with Gasteiger partial charge in [0.05, 0.1) is 17.1 Å². The van der Waals surface area contributed by atoms with Gasteiger partial charge in [0.2, 0.25) is 0 Å². The Morgan fingerprint density at radius 2 is 1.64 bits per heavy atom. The SMILES string of the molecule is CCc1nc(-c2ccc(Cl)cc2)ccc1Nc1ccccc1. The van der Waals surface area contributed by atoms with Crippen LogP contribution in [0.4, 0.5) is 11.4 Å². The Hall–Kier alpha value is -2.32. The molecule has 110 valence electrons. The van der Waals surface area contributed by atoms with E-state index in [4.69, 9.17) is 16.6 Å². The van der Waals surface area contributed by atoms with Gasteiger partial charge in [0.1, 0.15) is 0 Å². The lowest BCUT2D eigenvalue weighted by atomic mass is 10.1. The Labute approximate surface area is 135 Å². The number of benzene rings is 2. The van der Waals surface area contributed by atoms with Crippen molar-refractivity contribution in [2.24, 2.45) is 0 Å². The van der Waals surface area contributed by atoms with Crippen LogP contribution in [0, 0.1) is 0 Å². The molecule has 3 heteroatoms. The number of pyridine rings is 1. The minimum absolute atomic E-state index is 0.738. The summed E-state index contributed by atoms with van der Waals surface area (Å²) >= 11 is 5.94. The number of aromatic nitrogens is 1. The lowest BCUT2D eigenvalue weighted by Gasteiger charge is -2.12. The quantitative estimate of drug-likeness (QED) is 0.668. The van der Waals surface area contributed by atoms with Crippen LogP contribution in [0.15, 0.2) is 66.7 Å². The van der Waals surface area contributed by atoms with Gasteiger partial charge in [-0.1, -0.05) is 48.9 Å². The minimum atomic E-state index is 0.738. The first-order valence-electron chi connectivity index (χ1n) is 7.34. The molecule has 22 heavy (non-hydrogen) atoms. The topological polar surface area (TPSA) is 24.9 Å². The van der Waals surface area contributed by atoms with Crippen LogP contribution in [0.25, 0.3) is 11.3 Å². The van der Waals surface area contributed by atoms with Crippen LogP contribution in [0.3, 0.4) is 0 Å².